The van der Waals surface area contributed by atoms with Crippen LogP contribution in [0.3, 0.4) is 0 Å². The molecule has 7 nitrogen and oxygen atoms in total. The monoisotopic (exact) mass is 501 g/mol. The van der Waals surface area contributed by atoms with Gasteiger partial charge in [0.05, 0.1) is 17.9 Å². The van der Waals surface area contributed by atoms with Crippen molar-refractivity contribution in [3.63, 3.8) is 0 Å². The van der Waals surface area contributed by atoms with Crippen molar-refractivity contribution in [2.75, 3.05) is 24.6 Å². The van der Waals surface area contributed by atoms with Crippen LogP contribution >= 0.6 is 0 Å². The highest BCUT2D eigenvalue weighted by Crippen LogP contribution is 2.27. The Hall–Kier alpha value is -3.05. The maximum atomic E-state index is 14.4. The zero-order valence-corrected chi connectivity index (χ0v) is 19.8. The molecule has 0 atom stereocenters. The fraction of sp³-hybridized carbons (Fsp3) is 0.565. The Labute approximate surface area is 200 Å². The quantitative estimate of drug-likeness (QED) is 0.190. The molecule has 1 aromatic carbocycles. The topological polar surface area (TPSA) is 76.1 Å². The molecule has 1 aliphatic heterocycles. The Kier molecular flexibility index (Phi) is 8.79. The Morgan fingerprint density at radius 3 is 2.37 bits per heavy atom. The number of piperidine rings is 1. The summed E-state index contributed by atoms with van der Waals surface area (Å²) in [5, 5.41) is 11.1. The molecule has 12 heteroatoms. The zero-order chi connectivity index (χ0) is 25.6. The SMILES string of the molecule is CC(C)=N/N=C(\C)c1c(F)cc(OCCCC2CCN(c3nc(CC(F)(F)F)no3)CC2)cc1F. The van der Waals surface area contributed by atoms with E-state index >= 15 is 0 Å². The van der Waals surface area contributed by atoms with E-state index in [2.05, 4.69) is 20.3 Å². The van der Waals surface area contributed by atoms with E-state index in [1.165, 1.54) is 6.92 Å². The molecule has 3 rings (SSSR count). The number of hydrogen-bond donors (Lipinski definition) is 0. The molecule has 0 aliphatic carbocycles. The second-order valence-electron chi connectivity index (χ2n) is 8.70. The second-order valence-corrected chi connectivity index (χ2v) is 8.70. The minimum absolute atomic E-state index is 0.104. The van der Waals surface area contributed by atoms with Crippen LogP contribution in [-0.4, -0.2) is 47.4 Å². The largest absolute Gasteiger partial charge is 0.493 e. The van der Waals surface area contributed by atoms with Gasteiger partial charge in [-0.1, -0.05) is 5.16 Å². The van der Waals surface area contributed by atoms with Gasteiger partial charge in [-0.25, -0.2) is 8.78 Å². The highest BCUT2D eigenvalue weighted by molar-refractivity contribution is 5.99. The molecule has 0 unspecified atom stereocenters. The van der Waals surface area contributed by atoms with Gasteiger partial charge in [0.1, 0.15) is 23.8 Å². The van der Waals surface area contributed by atoms with E-state index in [-0.39, 0.29) is 28.9 Å². The van der Waals surface area contributed by atoms with E-state index in [0.717, 1.165) is 31.4 Å². The number of ether oxygens (including phenoxy) is 1. The number of aromatic nitrogens is 2. The fourth-order valence-corrected chi connectivity index (χ4v) is 3.80. The molecule has 0 spiro atoms. The maximum absolute atomic E-state index is 14.4. The molecule has 2 heterocycles. The van der Waals surface area contributed by atoms with Gasteiger partial charge in [0.25, 0.3) is 0 Å². The molecule has 0 amide bonds. The average Bonchev–Trinajstić information content (AvgIpc) is 3.22. The standard InChI is InChI=1S/C23H28F5N5O2/c1-14(2)30-31-15(3)21-18(24)11-17(12-19(21)25)34-10-4-5-16-6-8-33(9-7-16)22-29-20(32-35-22)13-23(26,27)28/h11-12,16H,4-10,13H2,1-3H3/b31-15+. The first-order valence-corrected chi connectivity index (χ1v) is 11.3. The third-order valence-corrected chi connectivity index (χ3v) is 5.50. The molecule has 1 fully saturated rings. The summed E-state index contributed by atoms with van der Waals surface area (Å²) >= 11 is 0. The molecule has 0 N–H and O–H groups in total. The summed E-state index contributed by atoms with van der Waals surface area (Å²) in [4.78, 5) is 5.62. The number of anilines is 1. The van der Waals surface area contributed by atoms with Crippen LogP contribution in [0.15, 0.2) is 26.9 Å². The molecule has 0 bridgehead atoms. The summed E-state index contributed by atoms with van der Waals surface area (Å²) < 4.78 is 76.7. The van der Waals surface area contributed by atoms with Gasteiger partial charge in [-0.2, -0.15) is 28.4 Å². The van der Waals surface area contributed by atoms with Crippen molar-refractivity contribution in [3.05, 3.63) is 35.2 Å². The minimum atomic E-state index is -4.38. The molecule has 1 aliphatic rings. The lowest BCUT2D eigenvalue weighted by Crippen LogP contribution is -2.34. The second kappa shape index (κ2) is 11.6. The van der Waals surface area contributed by atoms with Gasteiger partial charge in [0, 0.05) is 30.9 Å². The summed E-state index contributed by atoms with van der Waals surface area (Å²) in [5.74, 6) is -1.41. The lowest BCUT2D eigenvalue weighted by Gasteiger charge is -2.30. The Morgan fingerprint density at radius 2 is 1.77 bits per heavy atom. The van der Waals surface area contributed by atoms with E-state index in [4.69, 9.17) is 9.26 Å². The first kappa shape index (κ1) is 26.6. The lowest BCUT2D eigenvalue weighted by molar-refractivity contribution is -0.128. The van der Waals surface area contributed by atoms with Crippen LogP contribution < -0.4 is 9.64 Å². The maximum Gasteiger partial charge on any atom is 0.396 e. The summed E-state index contributed by atoms with van der Waals surface area (Å²) in [7, 11) is 0. The smallest absolute Gasteiger partial charge is 0.396 e. The molecule has 0 saturated carbocycles. The van der Waals surface area contributed by atoms with Gasteiger partial charge < -0.3 is 14.2 Å². The van der Waals surface area contributed by atoms with Crippen molar-refractivity contribution >= 4 is 17.4 Å². The third-order valence-electron chi connectivity index (χ3n) is 5.50. The normalized spacial score (nSPS) is 15.4. The number of hydrogen-bond acceptors (Lipinski definition) is 7. The molecule has 1 aromatic heterocycles. The highest BCUT2D eigenvalue weighted by atomic mass is 19.4. The van der Waals surface area contributed by atoms with Crippen LogP contribution in [0.1, 0.15) is 57.8 Å². The van der Waals surface area contributed by atoms with Gasteiger partial charge in [-0.3, -0.25) is 0 Å². The van der Waals surface area contributed by atoms with Crippen molar-refractivity contribution in [1.82, 2.24) is 10.1 Å². The van der Waals surface area contributed by atoms with Gasteiger partial charge in [-0.05, 0) is 52.4 Å². The third kappa shape index (κ3) is 8.00. The Bertz CT molecular complexity index is 1030. The van der Waals surface area contributed by atoms with E-state index in [1.807, 2.05) is 0 Å². The summed E-state index contributed by atoms with van der Waals surface area (Å²) in [5.41, 5.74) is 0.567. The van der Waals surface area contributed by atoms with Gasteiger partial charge >= 0.3 is 12.2 Å². The summed E-state index contributed by atoms with van der Waals surface area (Å²) in [6.45, 7) is 6.44. The van der Waals surface area contributed by atoms with Crippen molar-refractivity contribution in [2.24, 2.45) is 16.1 Å². The highest BCUT2D eigenvalue weighted by Gasteiger charge is 2.31. The first-order chi connectivity index (χ1) is 16.5. The summed E-state index contributed by atoms with van der Waals surface area (Å²) in [6.07, 6.45) is -2.44. The van der Waals surface area contributed by atoms with Gasteiger partial charge in [0.15, 0.2) is 5.82 Å². The molecule has 0 radical (unpaired) electrons. The number of benzene rings is 1. The van der Waals surface area contributed by atoms with E-state index in [9.17, 15) is 22.0 Å². The van der Waals surface area contributed by atoms with Crippen LogP contribution in [0, 0.1) is 17.6 Å². The zero-order valence-electron chi connectivity index (χ0n) is 19.8. The Morgan fingerprint density at radius 1 is 1.11 bits per heavy atom. The van der Waals surface area contributed by atoms with Gasteiger partial charge in [-0.15, -0.1) is 0 Å². The van der Waals surface area contributed by atoms with Crippen molar-refractivity contribution < 1.29 is 31.2 Å². The molecule has 1 saturated heterocycles. The molecular weight excluding hydrogens is 473 g/mol. The molecule has 192 valence electrons. The van der Waals surface area contributed by atoms with E-state index in [1.54, 1.807) is 18.7 Å². The van der Waals surface area contributed by atoms with Crippen LogP contribution in [0.25, 0.3) is 0 Å². The van der Waals surface area contributed by atoms with Crippen LogP contribution in [0.5, 0.6) is 5.75 Å². The predicted molar refractivity (Wildman–Crippen MR) is 121 cm³/mol. The number of nitrogens with zero attached hydrogens (tertiary/aromatic N) is 5. The van der Waals surface area contributed by atoms with Crippen LogP contribution in [-0.2, 0) is 6.42 Å². The summed E-state index contributed by atoms with van der Waals surface area (Å²) in [6, 6.07) is 2.38. The lowest BCUT2D eigenvalue weighted by atomic mass is 9.92. The average molecular weight is 502 g/mol. The molecule has 35 heavy (non-hydrogen) atoms. The van der Waals surface area contributed by atoms with Crippen molar-refractivity contribution in [1.29, 1.82) is 0 Å². The Balaban J connectivity index is 1.43. The van der Waals surface area contributed by atoms with Crippen LogP contribution in [0.2, 0.25) is 0 Å². The molecule has 2 aromatic rings. The predicted octanol–water partition coefficient (Wildman–Crippen LogP) is 5.73. The number of rotatable bonds is 9. The molecular formula is C23H28F5N5O2. The van der Waals surface area contributed by atoms with Crippen LogP contribution in [0.4, 0.5) is 28.0 Å². The van der Waals surface area contributed by atoms with Crippen molar-refractivity contribution in [2.45, 2.75) is 59.1 Å². The number of halogens is 5. The first-order valence-electron chi connectivity index (χ1n) is 11.3. The van der Waals surface area contributed by atoms with E-state index in [0.29, 0.717) is 37.7 Å². The minimum Gasteiger partial charge on any atom is -0.493 e. The van der Waals surface area contributed by atoms with Gasteiger partial charge in [0.2, 0.25) is 0 Å². The fourth-order valence-electron chi connectivity index (χ4n) is 3.80. The van der Waals surface area contributed by atoms with Crippen molar-refractivity contribution in [3.8, 4) is 5.75 Å². The number of alkyl halides is 3. The van der Waals surface area contributed by atoms with E-state index < -0.39 is 24.2 Å².